The van der Waals surface area contributed by atoms with Crippen LogP contribution in [0.25, 0.3) is 0 Å². The van der Waals surface area contributed by atoms with Gasteiger partial charge in [-0.15, -0.1) is 0 Å². The Morgan fingerprint density at radius 1 is 1.41 bits per heavy atom. The zero-order valence-electron chi connectivity index (χ0n) is 9.82. The first-order chi connectivity index (χ1) is 8.15. The molecule has 1 amide bonds. The number of nitrogens with one attached hydrogen (secondary N) is 1. The Hall–Kier alpha value is -1.38. The minimum Gasteiger partial charge on any atom is -0.352 e. The molecule has 2 fully saturated rings. The van der Waals surface area contributed by atoms with Gasteiger partial charge in [0, 0.05) is 17.9 Å². The summed E-state index contributed by atoms with van der Waals surface area (Å²) in [4.78, 5) is 11.7. The summed E-state index contributed by atoms with van der Waals surface area (Å²) in [7, 11) is 0. The fourth-order valence-corrected chi connectivity index (χ4v) is 2.44. The van der Waals surface area contributed by atoms with Crippen LogP contribution in [0, 0.1) is 17.7 Å². The van der Waals surface area contributed by atoms with Gasteiger partial charge in [0.25, 0.3) is 0 Å². The summed E-state index contributed by atoms with van der Waals surface area (Å²) in [6.45, 7) is 2.10. The van der Waals surface area contributed by atoms with Gasteiger partial charge in [-0.25, -0.2) is 4.39 Å². The molecule has 3 rings (SSSR count). The van der Waals surface area contributed by atoms with Gasteiger partial charge in [-0.2, -0.15) is 0 Å². The Kier molecular flexibility index (Phi) is 2.42. The van der Waals surface area contributed by atoms with E-state index < -0.39 is 0 Å². The Bertz CT molecular complexity index is 459. The van der Waals surface area contributed by atoms with Crippen LogP contribution in [0.5, 0.6) is 0 Å². The van der Waals surface area contributed by atoms with Gasteiger partial charge < -0.3 is 5.32 Å². The predicted molar refractivity (Wildman–Crippen MR) is 63.0 cm³/mol. The van der Waals surface area contributed by atoms with Crippen molar-refractivity contribution >= 4 is 5.91 Å². The average molecular weight is 233 g/mol. The topological polar surface area (TPSA) is 29.1 Å². The van der Waals surface area contributed by atoms with Gasteiger partial charge in [0.1, 0.15) is 5.82 Å². The van der Waals surface area contributed by atoms with Gasteiger partial charge in [-0.3, -0.25) is 4.79 Å². The number of halogens is 1. The molecule has 1 aromatic carbocycles. The molecule has 2 saturated carbocycles. The lowest BCUT2D eigenvalue weighted by Gasteiger charge is -2.04. The summed E-state index contributed by atoms with van der Waals surface area (Å²) in [5.41, 5.74) is 0.999. The van der Waals surface area contributed by atoms with Gasteiger partial charge >= 0.3 is 0 Å². The highest BCUT2D eigenvalue weighted by molar-refractivity contribution is 5.82. The van der Waals surface area contributed by atoms with Crippen LogP contribution in [0.1, 0.15) is 31.2 Å². The van der Waals surface area contributed by atoms with Crippen molar-refractivity contribution in [2.75, 3.05) is 0 Å². The highest BCUT2D eigenvalue weighted by Crippen LogP contribution is 2.43. The minimum absolute atomic E-state index is 0.182. The number of benzene rings is 1. The van der Waals surface area contributed by atoms with E-state index in [-0.39, 0.29) is 23.7 Å². The van der Waals surface area contributed by atoms with Crippen molar-refractivity contribution in [2.45, 2.75) is 31.7 Å². The van der Waals surface area contributed by atoms with Crippen molar-refractivity contribution in [2.24, 2.45) is 11.8 Å². The molecule has 17 heavy (non-hydrogen) atoms. The second kappa shape index (κ2) is 3.83. The molecule has 1 N–H and O–H groups in total. The Balaban J connectivity index is 1.58. The molecule has 4 atom stereocenters. The van der Waals surface area contributed by atoms with E-state index in [9.17, 15) is 9.18 Å². The van der Waals surface area contributed by atoms with Crippen molar-refractivity contribution in [1.29, 1.82) is 0 Å². The number of carbonyl (C=O) groups is 1. The van der Waals surface area contributed by atoms with Crippen LogP contribution >= 0.6 is 0 Å². The lowest BCUT2D eigenvalue weighted by atomic mass is 10.1. The molecule has 2 nitrogen and oxygen atoms in total. The summed E-state index contributed by atoms with van der Waals surface area (Å²) in [6.07, 6.45) is 1.96. The van der Waals surface area contributed by atoms with Crippen molar-refractivity contribution < 1.29 is 9.18 Å². The van der Waals surface area contributed by atoms with Gasteiger partial charge in [-0.1, -0.05) is 19.1 Å². The van der Waals surface area contributed by atoms with Crippen LogP contribution in [-0.4, -0.2) is 11.9 Å². The zero-order chi connectivity index (χ0) is 12.0. The SMILES string of the molecule is C[C@@H]1C[C@@H]1C(=O)N[C@H]1C[C@H]1c1cccc(F)c1. The van der Waals surface area contributed by atoms with Crippen molar-refractivity contribution in [1.82, 2.24) is 5.32 Å². The van der Waals surface area contributed by atoms with E-state index in [2.05, 4.69) is 12.2 Å². The van der Waals surface area contributed by atoms with Crippen molar-refractivity contribution in [3.05, 3.63) is 35.6 Å². The third-order valence-corrected chi connectivity index (χ3v) is 3.84. The first-order valence-electron chi connectivity index (χ1n) is 6.21. The van der Waals surface area contributed by atoms with E-state index in [0.29, 0.717) is 11.8 Å². The van der Waals surface area contributed by atoms with Crippen LogP contribution in [-0.2, 0) is 4.79 Å². The number of amides is 1. The molecule has 1 aromatic rings. The van der Waals surface area contributed by atoms with Crippen LogP contribution < -0.4 is 5.32 Å². The van der Waals surface area contributed by atoms with Crippen LogP contribution in [0.2, 0.25) is 0 Å². The maximum atomic E-state index is 13.0. The fraction of sp³-hybridized carbons (Fsp3) is 0.500. The summed E-state index contributed by atoms with van der Waals surface area (Å²) in [6, 6.07) is 6.89. The Labute approximate surface area is 100 Å². The summed E-state index contributed by atoms with van der Waals surface area (Å²) in [5.74, 6) is 1.06. The lowest BCUT2D eigenvalue weighted by molar-refractivity contribution is -0.122. The second-order valence-corrected chi connectivity index (χ2v) is 5.33. The molecule has 0 spiro atoms. The Morgan fingerprint density at radius 3 is 2.82 bits per heavy atom. The first kappa shape index (κ1) is 10.8. The number of rotatable bonds is 3. The van der Waals surface area contributed by atoms with Gasteiger partial charge in [0.2, 0.25) is 5.91 Å². The third kappa shape index (κ3) is 2.19. The second-order valence-electron chi connectivity index (χ2n) is 5.33. The summed E-state index contributed by atoms with van der Waals surface area (Å²) >= 11 is 0. The first-order valence-corrected chi connectivity index (χ1v) is 6.21. The van der Waals surface area contributed by atoms with Crippen LogP contribution in [0.4, 0.5) is 4.39 Å². The molecule has 0 bridgehead atoms. The fourth-order valence-electron chi connectivity index (χ4n) is 2.44. The standard InChI is InChI=1S/C14H16FNO/c1-8-5-11(8)14(17)16-13-7-12(13)9-3-2-4-10(15)6-9/h2-4,6,8,11-13H,5,7H2,1H3,(H,16,17)/t8-,11+,12+,13+/m1/s1. The highest BCUT2D eigenvalue weighted by Gasteiger charge is 2.44. The van der Waals surface area contributed by atoms with E-state index in [1.807, 2.05) is 6.07 Å². The predicted octanol–water partition coefficient (Wildman–Crippen LogP) is 2.45. The molecule has 0 aromatic heterocycles. The summed E-state index contributed by atoms with van der Waals surface area (Å²) in [5, 5.41) is 3.05. The average Bonchev–Trinajstić information content (AvgIpc) is 3.16. The molecular formula is C14H16FNO. The van der Waals surface area contributed by atoms with E-state index in [1.54, 1.807) is 12.1 Å². The molecule has 0 heterocycles. The molecule has 2 aliphatic rings. The molecule has 2 aliphatic carbocycles. The number of carbonyl (C=O) groups excluding carboxylic acids is 1. The normalized spacial score (nSPS) is 34.2. The van der Waals surface area contributed by atoms with Crippen molar-refractivity contribution in [3.8, 4) is 0 Å². The highest BCUT2D eigenvalue weighted by atomic mass is 19.1. The molecule has 0 saturated heterocycles. The minimum atomic E-state index is -0.199. The van der Waals surface area contributed by atoms with Gasteiger partial charge in [0.05, 0.1) is 0 Å². The largest absolute Gasteiger partial charge is 0.352 e. The molecular weight excluding hydrogens is 217 g/mol. The van der Waals surface area contributed by atoms with E-state index in [4.69, 9.17) is 0 Å². The zero-order valence-corrected chi connectivity index (χ0v) is 9.82. The number of hydrogen-bond acceptors (Lipinski definition) is 1. The smallest absolute Gasteiger partial charge is 0.223 e. The maximum Gasteiger partial charge on any atom is 0.223 e. The monoisotopic (exact) mass is 233 g/mol. The van der Waals surface area contributed by atoms with E-state index >= 15 is 0 Å². The third-order valence-electron chi connectivity index (χ3n) is 3.84. The van der Waals surface area contributed by atoms with Crippen LogP contribution in [0.3, 0.4) is 0 Å². The maximum absolute atomic E-state index is 13.0. The van der Waals surface area contributed by atoms with Gasteiger partial charge in [0.15, 0.2) is 0 Å². The molecule has 3 heteroatoms. The quantitative estimate of drug-likeness (QED) is 0.853. The molecule has 90 valence electrons. The van der Waals surface area contributed by atoms with Crippen molar-refractivity contribution in [3.63, 3.8) is 0 Å². The van der Waals surface area contributed by atoms with E-state index in [0.717, 1.165) is 18.4 Å². The molecule has 0 radical (unpaired) electrons. The lowest BCUT2D eigenvalue weighted by Crippen LogP contribution is -2.28. The Morgan fingerprint density at radius 2 is 2.18 bits per heavy atom. The number of hydrogen-bond donors (Lipinski definition) is 1. The molecule has 0 unspecified atom stereocenters. The van der Waals surface area contributed by atoms with E-state index in [1.165, 1.54) is 6.07 Å². The van der Waals surface area contributed by atoms with Gasteiger partial charge in [-0.05, 0) is 36.5 Å². The molecule has 0 aliphatic heterocycles. The van der Waals surface area contributed by atoms with Crippen LogP contribution in [0.15, 0.2) is 24.3 Å². The summed E-state index contributed by atoms with van der Waals surface area (Å²) < 4.78 is 13.0.